The Morgan fingerprint density at radius 3 is 2.43 bits per heavy atom. The number of nitrogens with zero attached hydrogens (tertiary/aromatic N) is 1. The Morgan fingerprint density at radius 1 is 1.02 bits per heavy atom. The molecule has 0 bridgehead atoms. The maximum atomic E-state index is 14.3. The normalized spacial score (nSPS) is 22.1. The van der Waals surface area contributed by atoms with Crippen LogP contribution in [0.1, 0.15) is 70.3 Å². The maximum absolute atomic E-state index is 14.3. The van der Waals surface area contributed by atoms with E-state index < -0.39 is 40.0 Å². The highest BCUT2D eigenvalue weighted by Gasteiger charge is 2.49. The number of nitrogens with one attached hydrogen (secondary N) is 2. The number of fused-ring (bicyclic) bond motifs is 1. The predicted molar refractivity (Wildman–Crippen MR) is 164 cm³/mol. The zero-order valence-electron chi connectivity index (χ0n) is 23.7. The minimum atomic E-state index is -3.54. The van der Waals surface area contributed by atoms with E-state index in [4.69, 9.17) is 10.6 Å². The van der Waals surface area contributed by atoms with Gasteiger partial charge in [-0.2, -0.15) is 0 Å². The topological polar surface area (TPSA) is 131 Å². The number of anilines is 1. The lowest BCUT2D eigenvalue weighted by atomic mass is 9.76. The number of nitrogens with two attached hydrogens (primary N) is 1. The van der Waals surface area contributed by atoms with Crippen LogP contribution in [-0.4, -0.2) is 43.5 Å². The Bertz CT molecular complexity index is 1540. The van der Waals surface area contributed by atoms with Crippen molar-refractivity contribution in [1.82, 2.24) is 15.1 Å². The summed E-state index contributed by atoms with van der Waals surface area (Å²) >= 11 is 0. The van der Waals surface area contributed by atoms with Crippen molar-refractivity contribution in [3.63, 3.8) is 0 Å². The lowest BCUT2D eigenvalue weighted by Crippen LogP contribution is -2.59. The summed E-state index contributed by atoms with van der Waals surface area (Å²) in [7, 11) is -3.54. The molecule has 0 radical (unpaired) electrons. The lowest BCUT2D eigenvalue weighted by Gasteiger charge is -2.49. The van der Waals surface area contributed by atoms with E-state index >= 15 is 0 Å². The van der Waals surface area contributed by atoms with Gasteiger partial charge in [-0.05, 0) is 54.2 Å². The first-order valence-electron chi connectivity index (χ1n) is 13.8. The minimum absolute atomic E-state index is 0. The van der Waals surface area contributed by atoms with E-state index in [2.05, 4.69) is 10.2 Å². The lowest BCUT2D eigenvalue weighted by molar-refractivity contribution is -0.138. The zero-order valence-corrected chi connectivity index (χ0v) is 25.3. The summed E-state index contributed by atoms with van der Waals surface area (Å²) in [5.41, 5.74) is 13.0. The second-order valence-corrected chi connectivity index (χ2v) is 12.7. The third kappa shape index (κ3) is 6.78. The fraction of sp³-hybridized carbons (Fsp3) is 0.355. The largest absolute Gasteiger partial charge is 0.399 e. The van der Waals surface area contributed by atoms with E-state index in [9.17, 15) is 18.0 Å². The zero-order chi connectivity index (χ0) is 29.1. The molecular weight excluding hydrogens is 576 g/mol. The molecule has 3 aromatic carbocycles. The van der Waals surface area contributed by atoms with Gasteiger partial charge in [-0.1, -0.05) is 73.5 Å². The van der Waals surface area contributed by atoms with Crippen LogP contribution in [0.25, 0.3) is 0 Å². The Kier molecular flexibility index (Phi) is 9.93. The number of nitrogen functional groups attached to an aromatic ring is 1. The molecule has 4 N–H and O–H groups in total. The van der Waals surface area contributed by atoms with E-state index in [1.807, 2.05) is 55.5 Å². The average Bonchev–Trinajstić information content (AvgIpc) is 2.95. The molecule has 42 heavy (non-hydrogen) atoms. The molecule has 0 unspecified atom stereocenters. The van der Waals surface area contributed by atoms with Gasteiger partial charge in [-0.3, -0.25) is 14.4 Å². The van der Waals surface area contributed by atoms with E-state index in [1.165, 1.54) is 0 Å². The third-order valence-electron chi connectivity index (χ3n) is 8.01. The van der Waals surface area contributed by atoms with Crippen molar-refractivity contribution in [2.75, 3.05) is 12.0 Å². The van der Waals surface area contributed by atoms with Gasteiger partial charge < -0.3 is 10.6 Å². The molecule has 1 aliphatic heterocycles. The molecule has 1 heterocycles. The van der Waals surface area contributed by atoms with Gasteiger partial charge in [0.1, 0.15) is 0 Å². The van der Waals surface area contributed by atoms with Crippen molar-refractivity contribution >= 4 is 39.9 Å². The van der Waals surface area contributed by atoms with Crippen LogP contribution in [0.5, 0.6) is 0 Å². The summed E-state index contributed by atoms with van der Waals surface area (Å²) in [6, 6.07) is 20.5. The highest BCUT2D eigenvalue weighted by molar-refractivity contribution is 7.88. The quantitative estimate of drug-likeness (QED) is 0.255. The average molecular weight is 613 g/mol. The van der Waals surface area contributed by atoms with Crippen LogP contribution in [0, 0.1) is 6.92 Å². The van der Waals surface area contributed by atoms with E-state index in [0.29, 0.717) is 35.2 Å². The highest BCUT2D eigenvalue weighted by atomic mass is 35.5. The number of hydrogen-bond donors (Lipinski definition) is 3. The van der Waals surface area contributed by atoms with Gasteiger partial charge in [0.25, 0.3) is 11.8 Å². The third-order valence-corrected chi connectivity index (χ3v) is 8.74. The number of carbonyl (C=O) groups is 2. The fourth-order valence-electron chi connectivity index (χ4n) is 6.08. The number of hydroxylamine groups is 1. The van der Waals surface area contributed by atoms with Gasteiger partial charge in [-0.15, -0.1) is 12.4 Å². The smallest absolute Gasteiger partial charge is 0.255 e. The number of amides is 2. The number of rotatable bonds is 8. The Balaban J connectivity index is 0.00000405. The van der Waals surface area contributed by atoms with Crippen LogP contribution >= 0.6 is 12.4 Å². The van der Waals surface area contributed by atoms with Crippen LogP contribution in [0.3, 0.4) is 0 Å². The number of aryl methyl sites for hydroxylation is 1. The molecule has 5 rings (SSSR count). The van der Waals surface area contributed by atoms with Crippen LogP contribution in [-0.2, 0) is 26.3 Å². The minimum Gasteiger partial charge on any atom is -0.399 e. The molecule has 11 heteroatoms. The van der Waals surface area contributed by atoms with Crippen molar-refractivity contribution in [3.05, 3.63) is 101 Å². The standard InChI is InChI=1S/C31H36N4O5S.ClH/c1-20-16-17-22(18-25(20)32)29-28(30(36)33-40-19-21-10-4-3-5-11-21)23-12-6-7-13-24(23)31(37)35(29)27-15-9-8-14-26(27)34-41(2,38)39;/h3-7,10-13,16-18,26-29,34H,8-9,14-15,19,32H2,1-2H3,(H,33,36);1H/t26-,27-,28+,29-;/m0./s1. The van der Waals surface area contributed by atoms with Crippen LogP contribution in [0.4, 0.5) is 5.69 Å². The predicted octanol–water partition coefficient (Wildman–Crippen LogP) is 4.39. The molecule has 9 nitrogen and oxygen atoms in total. The molecule has 1 aliphatic carbocycles. The molecule has 4 atom stereocenters. The molecule has 1 fully saturated rings. The number of benzene rings is 3. The second kappa shape index (κ2) is 13.2. The Morgan fingerprint density at radius 2 is 1.71 bits per heavy atom. The molecule has 2 amide bonds. The first-order chi connectivity index (χ1) is 19.6. The van der Waals surface area contributed by atoms with E-state index in [1.54, 1.807) is 29.2 Å². The molecular formula is C31H37ClN4O5S. The number of halogens is 1. The molecule has 0 aromatic heterocycles. The van der Waals surface area contributed by atoms with Crippen LogP contribution in [0.2, 0.25) is 0 Å². The van der Waals surface area contributed by atoms with Gasteiger partial charge in [0, 0.05) is 23.3 Å². The maximum Gasteiger partial charge on any atom is 0.255 e. The summed E-state index contributed by atoms with van der Waals surface area (Å²) in [6.07, 6.45) is 3.98. The van der Waals surface area contributed by atoms with Crippen molar-refractivity contribution in [1.29, 1.82) is 0 Å². The molecule has 1 saturated carbocycles. The monoisotopic (exact) mass is 612 g/mol. The summed E-state index contributed by atoms with van der Waals surface area (Å²) < 4.78 is 27.4. The molecule has 3 aromatic rings. The first kappa shape index (κ1) is 31.5. The summed E-state index contributed by atoms with van der Waals surface area (Å²) in [4.78, 5) is 35.7. The Labute approximate surface area is 253 Å². The van der Waals surface area contributed by atoms with Crippen LogP contribution in [0.15, 0.2) is 72.8 Å². The number of sulfonamides is 1. The second-order valence-electron chi connectivity index (χ2n) is 10.9. The highest BCUT2D eigenvalue weighted by Crippen LogP contribution is 2.46. The van der Waals surface area contributed by atoms with Crippen molar-refractivity contribution in [2.45, 2.75) is 63.3 Å². The van der Waals surface area contributed by atoms with Crippen molar-refractivity contribution in [2.24, 2.45) is 0 Å². The SMILES string of the molecule is Cc1ccc([C@H]2[C@H](C(=O)NOCc3ccccc3)c3ccccc3C(=O)N2[C@H]2CCCC[C@@H]2NS(C)(=O)=O)cc1N.Cl. The van der Waals surface area contributed by atoms with Gasteiger partial charge in [-0.25, -0.2) is 18.6 Å². The molecule has 2 aliphatic rings. The first-order valence-corrected chi connectivity index (χ1v) is 15.7. The fourth-order valence-corrected chi connectivity index (χ4v) is 6.91. The number of hydrogen-bond acceptors (Lipinski definition) is 6. The Hall–Kier alpha value is -3.44. The number of carbonyl (C=O) groups excluding carboxylic acids is 2. The van der Waals surface area contributed by atoms with Gasteiger partial charge in [0.2, 0.25) is 10.0 Å². The summed E-state index contributed by atoms with van der Waals surface area (Å²) in [6.45, 7) is 2.07. The van der Waals surface area contributed by atoms with Gasteiger partial charge >= 0.3 is 0 Å². The van der Waals surface area contributed by atoms with E-state index in [-0.39, 0.29) is 24.9 Å². The van der Waals surface area contributed by atoms with Gasteiger partial charge in [0.15, 0.2) is 0 Å². The molecule has 0 saturated heterocycles. The summed E-state index contributed by atoms with van der Waals surface area (Å²) in [5, 5.41) is 0. The molecule has 224 valence electrons. The summed E-state index contributed by atoms with van der Waals surface area (Å²) in [5.74, 6) is -1.48. The van der Waals surface area contributed by atoms with Crippen molar-refractivity contribution in [3.8, 4) is 0 Å². The molecule has 0 spiro atoms. The van der Waals surface area contributed by atoms with E-state index in [0.717, 1.165) is 30.2 Å². The van der Waals surface area contributed by atoms with Crippen molar-refractivity contribution < 1.29 is 22.8 Å². The van der Waals surface area contributed by atoms with Crippen LogP contribution < -0.4 is 15.9 Å². The van der Waals surface area contributed by atoms with Gasteiger partial charge in [0.05, 0.1) is 24.8 Å².